The lowest BCUT2D eigenvalue weighted by Gasteiger charge is -2.02. The fourth-order valence-corrected chi connectivity index (χ4v) is 1.46. The van der Waals surface area contributed by atoms with Crippen LogP contribution in [0.1, 0.15) is 0 Å². The summed E-state index contributed by atoms with van der Waals surface area (Å²) in [4.78, 5) is 11.4. The van der Waals surface area contributed by atoms with Gasteiger partial charge in [0.05, 0.1) is 5.56 Å². The first kappa shape index (κ1) is 11.7. The van der Waals surface area contributed by atoms with Crippen molar-refractivity contribution in [3.05, 3.63) is 51.2 Å². The maximum atomic E-state index is 13.0. The van der Waals surface area contributed by atoms with E-state index in [-0.39, 0.29) is 16.3 Å². The summed E-state index contributed by atoms with van der Waals surface area (Å²) in [7, 11) is 0. The Kier molecular flexibility index (Phi) is 2.89. The van der Waals surface area contributed by atoms with Gasteiger partial charge in [0.2, 0.25) is 0 Å². The average molecular weight is 261 g/mol. The lowest BCUT2D eigenvalue weighted by atomic mass is 10.1. The predicted molar refractivity (Wildman–Crippen MR) is 55.2 cm³/mol. The van der Waals surface area contributed by atoms with E-state index < -0.39 is 23.0 Å². The Morgan fingerprint density at radius 1 is 1.12 bits per heavy atom. The molecule has 0 saturated carbocycles. The second kappa shape index (κ2) is 4.21. The molecule has 17 heavy (non-hydrogen) atoms. The molecular formula is C10H4ClF3N2O. The topological polar surface area (TPSA) is 45.8 Å². The van der Waals surface area contributed by atoms with Crippen molar-refractivity contribution in [2.75, 3.05) is 0 Å². The van der Waals surface area contributed by atoms with E-state index in [2.05, 4.69) is 5.10 Å². The van der Waals surface area contributed by atoms with Crippen LogP contribution in [-0.2, 0) is 0 Å². The lowest BCUT2D eigenvalue weighted by Crippen LogP contribution is -2.11. The van der Waals surface area contributed by atoms with Gasteiger partial charge in [-0.05, 0) is 23.8 Å². The van der Waals surface area contributed by atoms with Crippen molar-refractivity contribution in [2.24, 2.45) is 0 Å². The van der Waals surface area contributed by atoms with Crippen molar-refractivity contribution in [2.45, 2.75) is 0 Å². The molecule has 7 heteroatoms. The maximum absolute atomic E-state index is 13.0. The van der Waals surface area contributed by atoms with Crippen molar-refractivity contribution in [1.82, 2.24) is 10.2 Å². The van der Waals surface area contributed by atoms with Gasteiger partial charge in [0.1, 0.15) is 5.15 Å². The zero-order chi connectivity index (χ0) is 12.6. The number of H-pyrrole nitrogens is 1. The van der Waals surface area contributed by atoms with Gasteiger partial charge in [0, 0.05) is 0 Å². The minimum absolute atomic E-state index is 0.0512. The molecule has 0 unspecified atom stereocenters. The van der Waals surface area contributed by atoms with Crippen molar-refractivity contribution in [1.29, 1.82) is 0 Å². The molecule has 0 aliphatic heterocycles. The van der Waals surface area contributed by atoms with E-state index in [0.717, 1.165) is 6.07 Å². The number of nitrogens with zero attached hydrogens (tertiary/aromatic N) is 1. The fraction of sp³-hybridized carbons (Fsp3) is 0. The van der Waals surface area contributed by atoms with Crippen molar-refractivity contribution in [3.8, 4) is 11.1 Å². The number of halogens is 4. The molecule has 0 spiro atoms. The van der Waals surface area contributed by atoms with E-state index in [9.17, 15) is 18.0 Å². The van der Waals surface area contributed by atoms with E-state index in [4.69, 9.17) is 11.6 Å². The number of hydrogen-bond acceptors (Lipinski definition) is 2. The lowest BCUT2D eigenvalue weighted by molar-refractivity contribution is 0.447. The highest BCUT2D eigenvalue weighted by Gasteiger charge is 2.13. The molecule has 1 aromatic carbocycles. The third kappa shape index (κ3) is 2.16. The Bertz CT molecular complexity index is 619. The van der Waals surface area contributed by atoms with Crippen LogP contribution in [0.5, 0.6) is 0 Å². The molecule has 0 saturated heterocycles. The number of aromatic nitrogens is 2. The molecule has 0 atom stereocenters. The van der Waals surface area contributed by atoms with E-state index in [0.29, 0.717) is 12.1 Å². The number of rotatable bonds is 1. The summed E-state index contributed by atoms with van der Waals surface area (Å²) in [6.07, 6.45) is 0. The van der Waals surface area contributed by atoms with Crippen LogP contribution in [-0.4, -0.2) is 10.2 Å². The van der Waals surface area contributed by atoms with E-state index in [1.165, 1.54) is 0 Å². The quantitative estimate of drug-likeness (QED) is 0.801. The molecule has 1 N–H and O–H groups in total. The molecule has 3 nitrogen and oxygen atoms in total. The standard InChI is InChI=1S/C10H4ClF3N2O/c11-8-3-5(10(17)16-15-8)4-1-6(12)9(14)7(13)2-4/h1-3H,(H,16,17). The number of benzene rings is 1. The first-order valence-corrected chi connectivity index (χ1v) is 4.77. The van der Waals surface area contributed by atoms with Crippen LogP contribution in [0.15, 0.2) is 23.0 Å². The smallest absolute Gasteiger partial charge is 0.267 e. The molecule has 1 heterocycles. The predicted octanol–water partition coefficient (Wildman–Crippen LogP) is 2.51. The summed E-state index contributed by atoms with van der Waals surface area (Å²) in [6, 6.07) is 2.55. The summed E-state index contributed by atoms with van der Waals surface area (Å²) >= 11 is 5.53. The molecule has 0 aliphatic rings. The number of hydrogen-bond donors (Lipinski definition) is 1. The van der Waals surface area contributed by atoms with Gasteiger partial charge in [-0.15, -0.1) is 0 Å². The van der Waals surface area contributed by atoms with Crippen LogP contribution in [0.4, 0.5) is 13.2 Å². The minimum Gasteiger partial charge on any atom is -0.267 e. The molecule has 2 aromatic rings. The normalized spacial score (nSPS) is 10.6. The summed E-state index contributed by atoms with van der Waals surface area (Å²) in [5, 5.41) is 5.39. The van der Waals surface area contributed by atoms with Crippen LogP contribution in [0, 0.1) is 17.5 Å². The molecular weight excluding hydrogens is 257 g/mol. The summed E-state index contributed by atoms with van der Waals surface area (Å²) in [5.74, 6) is -4.36. The fourth-order valence-electron chi connectivity index (χ4n) is 1.31. The van der Waals surface area contributed by atoms with Gasteiger partial charge < -0.3 is 0 Å². The van der Waals surface area contributed by atoms with Crippen LogP contribution < -0.4 is 5.56 Å². The van der Waals surface area contributed by atoms with Gasteiger partial charge in [0.15, 0.2) is 17.5 Å². The minimum atomic E-state index is -1.59. The molecule has 2 rings (SSSR count). The molecule has 0 fully saturated rings. The van der Waals surface area contributed by atoms with Gasteiger partial charge in [-0.3, -0.25) is 4.79 Å². The van der Waals surface area contributed by atoms with E-state index >= 15 is 0 Å². The summed E-state index contributed by atoms with van der Waals surface area (Å²) < 4.78 is 38.7. The van der Waals surface area contributed by atoms with Gasteiger partial charge in [-0.2, -0.15) is 5.10 Å². The highest BCUT2D eigenvalue weighted by molar-refractivity contribution is 6.29. The van der Waals surface area contributed by atoms with Crippen LogP contribution in [0.3, 0.4) is 0 Å². The van der Waals surface area contributed by atoms with E-state index in [1.54, 1.807) is 0 Å². The van der Waals surface area contributed by atoms with Gasteiger partial charge in [-0.25, -0.2) is 18.3 Å². The van der Waals surface area contributed by atoms with Crippen molar-refractivity contribution < 1.29 is 13.2 Å². The summed E-state index contributed by atoms with van der Waals surface area (Å²) in [5.41, 5.74) is -0.894. The third-order valence-corrected chi connectivity index (χ3v) is 2.26. The monoisotopic (exact) mass is 260 g/mol. The average Bonchev–Trinajstić information content (AvgIpc) is 2.28. The Labute approximate surface area is 97.9 Å². The molecule has 88 valence electrons. The molecule has 1 aromatic heterocycles. The molecule has 0 amide bonds. The first-order chi connectivity index (χ1) is 7.99. The van der Waals surface area contributed by atoms with Crippen LogP contribution in [0.25, 0.3) is 11.1 Å². The summed E-state index contributed by atoms with van der Waals surface area (Å²) in [6.45, 7) is 0. The highest BCUT2D eigenvalue weighted by Crippen LogP contribution is 2.22. The molecule has 0 bridgehead atoms. The van der Waals surface area contributed by atoms with Crippen molar-refractivity contribution >= 4 is 11.6 Å². The Morgan fingerprint density at radius 2 is 1.71 bits per heavy atom. The molecule has 0 radical (unpaired) electrons. The van der Waals surface area contributed by atoms with Gasteiger partial charge in [-0.1, -0.05) is 11.6 Å². The first-order valence-electron chi connectivity index (χ1n) is 4.39. The SMILES string of the molecule is O=c1[nH]nc(Cl)cc1-c1cc(F)c(F)c(F)c1. The van der Waals surface area contributed by atoms with Gasteiger partial charge in [0.25, 0.3) is 5.56 Å². The number of aromatic amines is 1. The second-order valence-corrected chi connectivity index (χ2v) is 3.57. The Morgan fingerprint density at radius 3 is 2.29 bits per heavy atom. The largest absolute Gasteiger partial charge is 0.272 e. The zero-order valence-electron chi connectivity index (χ0n) is 8.10. The Hall–Kier alpha value is -1.82. The van der Waals surface area contributed by atoms with Crippen LogP contribution >= 0.6 is 11.6 Å². The highest BCUT2D eigenvalue weighted by atomic mass is 35.5. The maximum Gasteiger partial charge on any atom is 0.272 e. The second-order valence-electron chi connectivity index (χ2n) is 3.19. The zero-order valence-corrected chi connectivity index (χ0v) is 8.86. The third-order valence-electron chi connectivity index (χ3n) is 2.07. The molecule has 0 aliphatic carbocycles. The Balaban J connectivity index is 2.69. The van der Waals surface area contributed by atoms with Gasteiger partial charge >= 0.3 is 0 Å². The van der Waals surface area contributed by atoms with Crippen molar-refractivity contribution in [3.63, 3.8) is 0 Å². The van der Waals surface area contributed by atoms with E-state index in [1.807, 2.05) is 5.10 Å². The van der Waals surface area contributed by atoms with Crippen LogP contribution in [0.2, 0.25) is 5.15 Å². The number of nitrogens with one attached hydrogen (secondary N) is 1.